The molecule has 1 N–H and O–H groups in total. The summed E-state index contributed by atoms with van der Waals surface area (Å²) in [7, 11) is 0. The predicted molar refractivity (Wildman–Crippen MR) is 129 cm³/mol. The fourth-order valence-electron chi connectivity index (χ4n) is 3.95. The normalized spacial score (nSPS) is 13.0. The third-order valence-corrected chi connectivity index (χ3v) is 7.10. The lowest BCUT2D eigenvalue weighted by atomic mass is 9.92. The molecule has 4 nitrogen and oxygen atoms in total. The molecule has 0 fully saturated rings. The highest BCUT2D eigenvalue weighted by molar-refractivity contribution is 8.00. The molecule has 0 spiro atoms. The SMILES string of the molecule is CC(SCCC1=CCOc2c(OCC(=O)O)cccc21)(c1ccccc1)c1ccccc1. The number of thioether (sulfide) groups is 1. The van der Waals surface area contributed by atoms with Gasteiger partial charge in [0.15, 0.2) is 18.1 Å². The van der Waals surface area contributed by atoms with Gasteiger partial charge >= 0.3 is 5.97 Å². The highest BCUT2D eigenvalue weighted by Gasteiger charge is 2.29. The molecule has 1 heterocycles. The zero-order valence-electron chi connectivity index (χ0n) is 18.0. The first-order valence-corrected chi connectivity index (χ1v) is 11.6. The maximum absolute atomic E-state index is 10.9. The number of benzene rings is 3. The molecule has 1 aliphatic rings. The second kappa shape index (κ2) is 9.96. The summed E-state index contributed by atoms with van der Waals surface area (Å²) in [4.78, 5) is 10.9. The van der Waals surface area contributed by atoms with Gasteiger partial charge in [-0.05, 0) is 47.9 Å². The van der Waals surface area contributed by atoms with Gasteiger partial charge in [0.05, 0.1) is 4.75 Å². The monoisotopic (exact) mass is 446 g/mol. The van der Waals surface area contributed by atoms with Crippen molar-refractivity contribution >= 4 is 23.3 Å². The number of carboxylic acids is 1. The molecule has 0 saturated carbocycles. The molecule has 0 aromatic heterocycles. The van der Waals surface area contributed by atoms with E-state index in [1.807, 2.05) is 36.0 Å². The number of allylic oxidation sites excluding steroid dienone is 1. The van der Waals surface area contributed by atoms with Crippen molar-refractivity contribution in [1.82, 2.24) is 0 Å². The van der Waals surface area contributed by atoms with Crippen molar-refractivity contribution in [1.29, 1.82) is 0 Å². The molecule has 0 radical (unpaired) electrons. The number of carboxylic acid groups (broad SMARTS) is 1. The van der Waals surface area contributed by atoms with E-state index in [0.29, 0.717) is 18.1 Å². The van der Waals surface area contributed by atoms with Crippen LogP contribution >= 0.6 is 11.8 Å². The summed E-state index contributed by atoms with van der Waals surface area (Å²) in [5.74, 6) is 1.02. The van der Waals surface area contributed by atoms with Crippen LogP contribution in [-0.4, -0.2) is 30.0 Å². The molecule has 164 valence electrons. The molecule has 1 aliphatic heterocycles. The van der Waals surface area contributed by atoms with Gasteiger partial charge < -0.3 is 14.6 Å². The smallest absolute Gasteiger partial charge is 0.341 e. The number of hydrogen-bond donors (Lipinski definition) is 1. The minimum absolute atomic E-state index is 0.163. The topological polar surface area (TPSA) is 55.8 Å². The molecule has 0 unspecified atom stereocenters. The number of para-hydroxylation sites is 1. The number of carbonyl (C=O) groups is 1. The van der Waals surface area contributed by atoms with Gasteiger partial charge in [0, 0.05) is 5.56 Å². The summed E-state index contributed by atoms with van der Waals surface area (Å²) >= 11 is 1.93. The van der Waals surface area contributed by atoms with Gasteiger partial charge in [-0.3, -0.25) is 0 Å². The van der Waals surface area contributed by atoms with Crippen LogP contribution in [0.4, 0.5) is 0 Å². The average molecular weight is 447 g/mol. The Morgan fingerprint density at radius 1 is 1.00 bits per heavy atom. The quantitative estimate of drug-likeness (QED) is 0.436. The molecule has 3 aromatic rings. The van der Waals surface area contributed by atoms with Crippen LogP contribution < -0.4 is 9.47 Å². The van der Waals surface area contributed by atoms with Crippen molar-refractivity contribution in [2.45, 2.75) is 18.1 Å². The Kier molecular flexibility index (Phi) is 6.86. The van der Waals surface area contributed by atoms with Gasteiger partial charge in [-0.2, -0.15) is 0 Å². The molecule has 4 rings (SSSR count). The molecule has 5 heteroatoms. The molecule has 0 aliphatic carbocycles. The van der Waals surface area contributed by atoms with E-state index in [1.54, 1.807) is 6.07 Å². The molecule has 0 atom stereocenters. The maximum atomic E-state index is 10.9. The Morgan fingerprint density at radius 2 is 1.66 bits per heavy atom. The summed E-state index contributed by atoms with van der Waals surface area (Å²) in [5, 5.41) is 8.93. The highest BCUT2D eigenvalue weighted by Crippen LogP contribution is 2.45. The van der Waals surface area contributed by atoms with Crippen molar-refractivity contribution in [3.63, 3.8) is 0 Å². The lowest BCUT2D eigenvalue weighted by molar-refractivity contribution is -0.139. The van der Waals surface area contributed by atoms with Gasteiger partial charge in [-0.15, -0.1) is 11.8 Å². The van der Waals surface area contributed by atoms with E-state index in [2.05, 4.69) is 61.5 Å². The molecular formula is C27H26O4S. The zero-order chi connectivity index (χ0) is 22.4. The second-order valence-electron chi connectivity index (χ2n) is 7.72. The first-order chi connectivity index (χ1) is 15.6. The Labute approximate surface area is 192 Å². The summed E-state index contributed by atoms with van der Waals surface area (Å²) in [5.41, 5.74) is 4.73. The molecule has 0 amide bonds. The Balaban J connectivity index is 1.52. The Hall–Kier alpha value is -3.18. The first kappa shape index (κ1) is 22.0. The largest absolute Gasteiger partial charge is 0.485 e. The van der Waals surface area contributed by atoms with Crippen LogP contribution in [0.2, 0.25) is 0 Å². The van der Waals surface area contributed by atoms with Crippen LogP contribution in [-0.2, 0) is 9.54 Å². The van der Waals surface area contributed by atoms with Crippen LogP contribution in [0, 0.1) is 0 Å². The van der Waals surface area contributed by atoms with Crippen LogP contribution in [0.25, 0.3) is 5.57 Å². The van der Waals surface area contributed by atoms with Gasteiger partial charge in [0.1, 0.15) is 6.61 Å². The minimum atomic E-state index is -1.01. The van der Waals surface area contributed by atoms with E-state index >= 15 is 0 Å². The molecule has 32 heavy (non-hydrogen) atoms. The van der Waals surface area contributed by atoms with Gasteiger partial charge in [0.2, 0.25) is 0 Å². The van der Waals surface area contributed by atoms with Gasteiger partial charge in [-0.1, -0.05) is 72.8 Å². The molecule has 3 aromatic carbocycles. The molecule has 0 bridgehead atoms. The van der Waals surface area contributed by atoms with Gasteiger partial charge in [0.25, 0.3) is 0 Å². The van der Waals surface area contributed by atoms with Crippen LogP contribution in [0.15, 0.2) is 84.9 Å². The van der Waals surface area contributed by atoms with E-state index in [-0.39, 0.29) is 11.4 Å². The number of aliphatic carboxylic acids is 1. The van der Waals surface area contributed by atoms with Crippen molar-refractivity contribution in [2.24, 2.45) is 0 Å². The van der Waals surface area contributed by atoms with Crippen LogP contribution in [0.5, 0.6) is 11.5 Å². The third-order valence-electron chi connectivity index (χ3n) is 5.64. The van der Waals surface area contributed by atoms with E-state index < -0.39 is 5.97 Å². The Morgan fingerprint density at radius 3 is 2.28 bits per heavy atom. The number of ether oxygens (including phenoxy) is 2. The van der Waals surface area contributed by atoms with E-state index in [9.17, 15) is 4.79 Å². The number of rotatable bonds is 9. The van der Waals surface area contributed by atoms with Gasteiger partial charge in [-0.25, -0.2) is 4.79 Å². The fourth-order valence-corrected chi connectivity index (χ4v) is 5.29. The standard InChI is InChI=1S/C27H26O4S/c1-27(21-9-4-2-5-10-21,22-11-6-3-7-12-22)32-18-16-20-15-17-30-26-23(20)13-8-14-24(26)31-19-25(28)29/h2-15H,16-19H2,1H3,(H,28,29). The fraction of sp³-hybridized carbons (Fsp3) is 0.222. The maximum Gasteiger partial charge on any atom is 0.341 e. The average Bonchev–Trinajstić information content (AvgIpc) is 2.84. The lowest BCUT2D eigenvalue weighted by Crippen LogP contribution is -2.20. The lowest BCUT2D eigenvalue weighted by Gasteiger charge is -2.31. The Bertz CT molecular complexity index is 1050. The number of hydrogen-bond acceptors (Lipinski definition) is 4. The summed E-state index contributed by atoms with van der Waals surface area (Å²) in [6, 6.07) is 26.9. The summed E-state index contributed by atoms with van der Waals surface area (Å²) < 4.78 is 11.1. The highest BCUT2D eigenvalue weighted by atomic mass is 32.2. The van der Waals surface area contributed by atoms with Crippen molar-refractivity contribution < 1.29 is 19.4 Å². The predicted octanol–water partition coefficient (Wildman–Crippen LogP) is 6.01. The third kappa shape index (κ3) is 4.83. The molecule has 0 saturated heterocycles. The minimum Gasteiger partial charge on any atom is -0.485 e. The van der Waals surface area contributed by atoms with Crippen LogP contribution in [0.3, 0.4) is 0 Å². The van der Waals surface area contributed by atoms with E-state index in [1.165, 1.54) is 16.7 Å². The molecular weight excluding hydrogens is 420 g/mol. The summed E-state index contributed by atoms with van der Waals surface area (Å²) in [6.45, 7) is 2.35. The van der Waals surface area contributed by atoms with Crippen LogP contribution in [0.1, 0.15) is 30.0 Å². The first-order valence-electron chi connectivity index (χ1n) is 10.6. The van der Waals surface area contributed by atoms with Crippen molar-refractivity contribution in [2.75, 3.05) is 19.0 Å². The van der Waals surface area contributed by atoms with E-state index in [0.717, 1.165) is 17.7 Å². The zero-order valence-corrected chi connectivity index (χ0v) is 18.8. The summed E-state index contributed by atoms with van der Waals surface area (Å²) in [6.07, 6.45) is 2.98. The number of fused-ring (bicyclic) bond motifs is 1. The van der Waals surface area contributed by atoms with Crippen molar-refractivity contribution in [3.05, 3.63) is 102 Å². The second-order valence-corrected chi connectivity index (χ2v) is 9.23. The van der Waals surface area contributed by atoms with Crippen molar-refractivity contribution in [3.8, 4) is 11.5 Å². The van der Waals surface area contributed by atoms with E-state index in [4.69, 9.17) is 14.6 Å².